The number of hydrogen-bond acceptors (Lipinski definition) is 4. The molecule has 5 N–H and O–H groups in total. The minimum absolute atomic E-state index is 0.267. The Morgan fingerprint density at radius 2 is 2.00 bits per heavy atom. The molecule has 0 aliphatic heterocycles. The Hall–Kier alpha value is -1.93. The molecule has 0 aliphatic rings. The summed E-state index contributed by atoms with van der Waals surface area (Å²) in [5.41, 5.74) is 5.23. The Morgan fingerprint density at radius 1 is 1.30 bits per heavy atom. The summed E-state index contributed by atoms with van der Waals surface area (Å²) in [6.45, 7) is -0.558. The van der Waals surface area contributed by atoms with Crippen LogP contribution < -0.4 is 16.4 Å². The van der Waals surface area contributed by atoms with Gasteiger partial charge in [0.25, 0.3) is 5.91 Å². The van der Waals surface area contributed by atoms with Gasteiger partial charge in [-0.1, -0.05) is 22.0 Å². The smallest absolute Gasteiger partial charge is 0.251 e. The zero-order valence-electron chi connectivity index (χ0n) is 10.4. The van der Waals surface area contributed by atoms with Crippen LogP contribution in [0.15, 0.2) is 28.7 Å². The highest BCUT2D eigenvalue weighted by Crippen LogP contribution is 2.11. The normalized spacial score (nSPS) is 11.5. The first-order valence-corrected chi connectivity index (χ1v) is 6.47. The van der Waals surface area contributed by atoms with E-state index < -0.39 is 23.8 Å². The van der Waals surface area contributed by atoms with Gasteiger partial charge in [0.15, 0.2) is 0 Å². The molecule has 1 atom stereocenters. The van der Waals surface area contributed by atoms with E-state index in [4.69, 9.17) is 10.8 Å². The third kappa shape index (κ3) is 5.37. The van der Waals surface area contributed by atoms with Gasteiger partial charge in [0.1, 0.15) is 6.10 Å². The predicted molar refractivity (Wildman–Crippen MR) is 74.7 cm³/mol. The number of nitrogens with one attached hydrogen (secondary N) is 2. The van der Waals surface area contributed by atoms with Gasteiger partial charge in [-0.25, -0.2) is 0 Å². The van der Waals surface area contributed by atoms with Crippen LogP contribution in [-0.2, 0) is 9.59 Å². The molecule has 1 aromatic carbocycles. The zero-order chi connectivity index (χ0) is 15.1. The molecular formula is C12H14BrN3O4. The van der Waals surface area contributed by atoms with Gasteiger partial charge in [-0.05, 0) is 18.2 Å². The van der Waals surface area contributed by atoms with Gasteiger partial charge >= 0.3 is 0 Å². The quantitative estimate of drug-likeness (QED) is 0.537. The van der Waals surface area contributed by atoms with E-state index >= 15 is 0 Å². The van der Waals surface area contributed by atoms with Gasteiger partial charge in [-0.3, -0.25) is 14.4 Å². The van der Waals surface area contributed by atoms with E-state index in [0.717, 1.165) is 4.47 Å². The van der Waals surface area contributed by atoms with Crippen LogP contribution in [0.4, 0.5) is 0 Å². The summed E-state index contributed by atoms with van der Waals surface area (Å²) in [7, 11) is 0. The third-order valence-corrected chi connectivity index (χ3v) is 2.81. The summed E-state index contributed by atoms with van der Waals surface area (Å²) in [6.07, 6.45) is -1.44. The van der Waals surface area contributed by atoms with E-state index in [2.05, 4.69) is 26.6 Å². The van der Waals surface area contributed by atoms with Gasteiger partial charge in [0, 0.05) is 10.0 Å². The van der Waals surface area contributed by atoms with Crippen LogP contribution in [0.5, 0.6) is 0 Å². The molecule has 108 valence electrons. The summed E-state index contributed by atoms with van der Waals surface area (Å²) < 4.78 is 0.749. The molecule has 1 unspecified atom stereocenters. The minimum Gasteiger partial charge on any atom is -0.381 e. The Bertz CT molecular complexity index is 521. The Balaban J connectivity index is 2.37. The number of carbonyl (C=O) groups excluding carboxylic acids is 3. The lowest BCUT2D eigenvalue weighted by Gasteiger charge is -2.09. The second-order valence-corrected chi connectivity index (χ2v) is 4.83. The molecule has 8 heteroatoms. The fourth-order valence-electron chi connectivity index (χ4n) is 1.27. The summed E-state index contributed by atoms with van der Waals surface area (Å²) >= 11 is 3.23. The summed E-state index contributed by atoms with van der Waals surface area (Å²) in [6, 6.07) is 6.69. The van der Waals surface area contributed by atoms with Crippen molar-refractivity contribution < 1.29 is 19.5 Å². The van der Waals surface area contributed by atoms with Gasteiger partial charge in [-0.15, -0.1) is 0 Å². The van der Waals surface area contributed by atoms with Crippen LogP contribution >= 0.6 is 15.9 Å². The Kier molecular flexibility index (Phi) is 6.13. The number of aliphatic hydroxyl groups is 1. The van der Waals surface area contributed by atoms with Crippen LogP contribution in [0.1, 0.15) is 10.4 Å². The maximum atomic E-state index is 11.7. The van der Waals surface area contributed by atoms with Crippen LogP contribution in [0, 0.1) is 0 Å². The zero-order valence-corrected chi connectivity index (χ0v) is 12.0. The van der Waals surface area contributed by atoms with Crippen LogP contribution in [0.2, 0.25) is 0 Å². The molecule has 0 saturated heterocycles. The van der Waals surface area contributed by atoms with Crippen molar-refractivity contribution in [3.63, 3.8) is 0 Å². The first-order chi connectivity index (χ1) is 9.40. The van der Waals surface area contributed by atoms with Gasteiger partial charge in [0.2, 0.25) is 11.8 Å². The van der Waals surface area contributed by atoms with E-state index in [-0.39, 0.29) is 13.1 Å². The Labute approximate surface area is 123 Å². The fourth-order valence-corrected chi connectivity index (χ4v) is 1.67. The molecule has 1 rings (SSSR count). The van der Waals surface area contributed by atoms with E-state index in [0.29, 0.717) is 5.56 Å². The van der Waals surface area contributed by atoms with E-state index in [1.165, 1.54) is 0 Å². The van der Waals surface area contributed by atoms with Crippen molar-refractivity contribution in [3.8, 4) is 0 Å². The molecule has 0 bridgehead atoms. The SMILES string of the molecule is NC(=O)C(O)CNC(=O)CNC(=O)c1cccc(Br)c1. The number of aliphatic hydroxyl groups excluding tert-OH is 1. The van der Waals surface area contributed by atoms with Gasteiger partial charge in [0.05, 0.1) is 13.1 Å². The number of nitrogens with two attached hydrogens (primary N) is 1. The maximum Gasteiger partial charge on any atom is 0.251 e. The molecule has 0 aromatic heterocycles. The summed E-state index contributed by atoms with van der Waals surface area (Å²) in [5.74, 6) is -1.87. The van der Waals surface area contributed by atoms with Crippen molar-refractivity contribution >= 4 is 33.7 Å². The number of rotatable bonds is 6. The fraction of sp³-hybridized carbons (Fsp3) is 0.250. The average Bonchev–Trinajstić information content (AvgIpc) is 2.41. The average molecular weight is 344 g/mol. The van der Waals surface area contributed by atoms with Crippen LogP contribution in [-0.4, -0.2) is 42.0 Å². The van der Waals surface area contributed by atoms with Crippen LogP contribution in [0.3, 0.4) is 0 Å². The van der Waals surface area contributed by atoms with E-state index in [9.17, 15) is 14.4 Å². The molecule has 0 aliphatic carbocycles. The largest absolute Gasteiger partial charge is 0.381 e. The van der Waals surface area contributed by atoms with E-state index in [1.54, 1.807) is 24.3 Å². The highest BCUT2D eigenvalue weighted by Gasteiger charge is 2.13. The predicted octanol–water partition coefficient (Wildman–Crippen LogP) is -0.859. The van der Waals surface area contributed by atoms with Crippen molar-refractivity contribution in [1.82, 2.24) is 10.6 Å². The molecular weight excluding hydrogens is 330 g/mol. The third-order valence-electron chi connectivity index (χ3n) is 2.32. The second-order valence-electron chi connectivity index (χ2n) is 3.92. The van der Waals surface area contributed by atoms with Gasteiger partial charge < -0.3 is 21.5 Å². The molecule has 20 heavy (non-hydrogen) atoms. The summed E-state index contributed by atoms with van der Waals surface area (Å²) in [4.78, 5) is 33.6. The lowest BCUT2D eigenvalue weighted by molar-refractivity contribution is -0.126. The van der Waals surface area contributed by atoms with Crippen molar-refractivity contribution in [2.45, 2.75) is 6.10 Å². The van der Waals surface area contributed by atoms with Crippen molar-refractivity contribution in [2.24, 2.45) is 5.73 Å². The standard InChI is InChI=1S/C12H14BrN3O4/c13-8-3-1-2-7(4-8)12(20)16-6-10(18)15-5-9(17)11(14)19/h1-4,9,17H,5-6H2,(H2,14,19)(H,15,18)(H,16,20). The molecule has 0 saturated carbocycles. The molecule has 3 amide bonds. The number of amides is 3. The van der Waals surface area contributed by atoms with Crippen molar-refractivity contribution in [2.75, 3.05) is 13.1 Å². The molecule has 0 fully saturated rings. The molecule has 0 heterocycles. The molecule has 0 radical (unpaired) electrons. The second kappa shape index (κ2) is 7.61. The topological polar surface area (TPSA) is 122 Å². The first kappa shape index (κ1) is 16.1. The number of benzene rings is 1. The maximum absolute atomic E-state index is 11.7. The first-order valence-electron chi connectivity index (χ1n) is 5.68. The Morgan fingerprint density at radius 3 is 2.60 bits per heavy atom. The monoisotopic (exact) mass is 343 g/mol. The number of halogens is 1. The minimum atomic E-state index is -1.44. The highest BCUT2D eigenvalue weighted by molar-refractivity contribution is 9.10. The molecule has 1 aromatic rings. The van der Waals surface area contributed by atoms with Crippen molar-refractivity contribution in [3.05, 3.63) is 34.3 Å². The number of carbonyl (C=O) groups is 3. The number of hydrogen-bond donors (Lipinski definition) is 4. The van der Waals surface area contributed by atoms with Gasteiger partial charge in [-0.2, -0.15) is 0 Å². The van der Waals surface area contributed by atoms with Crippen molar-refractivity contribution in [1.29, 1.82) is 0 Å². The molecule has 7 nitrogen and oxygen atoms in total. The molecule has 0 spiro atoms. The van der Waals surface area contributed by atoms with Crippen LogP contribution in [0.25, 0.3) is 0 Å². The lowest BCUT2D eigenvalue weighted by Crippen LogP contribution is -2.43. The number of primary amides is 1. The summed E-state index contributed by atoms with van der Waals surface area (Å²) in [5, 5.41) is 13.8. The van der Waals surface area contributed by atoms with E-state index in [1.807, 2.05) is 0 Å². The highest BCUT2D eigenvalue weighted by atomic mass is 79.9. The lowest BCUT2D eigenvalue weighted by atomic mass is 10.2.